The Labute approximate surface area is 294 Å². The van der Waals surface area contributed by atoms with Crippen LogP contribution in [0.25, 0.3) is 0 Å². The lowest BCUT2D eigenvalue weighted by Gasteiger charge is -2.41. The summed E-state index contributed by atoms with van der Waals surface area (Å²) in [6.07, 6.45) is 4.10. The van der Waals surface area contributed by atoms with Crippen molar-refractivity contribution < 1.29 is 34.2 Å². The maximum atomic E-state index is 14.0. The Morgan fingerprint density at radius 1 is 0.900 bits per heavy atom. The van der Waals surface area contributed by atoms with Crippen LogP contribution in [0.4, 0.5) is 15.3 Å². The molecule has 6 rings (SSSR count). The van der Waals surface area contributed by atoms with Crippen LogP contribution in [0.5, 0.6) is 5.75 Å². The molecule has 0 saturated carbocycles. The maximum Gasteiger partial charge on any atom is 0.410 e. The lowest BCUT2D eigenvalue weighted by molar-refractivity contribution is -0.142. The highest BCUT2D eigenvalue weighted by molar-refractivity contribution is 6.34. The van der Waals surface area contributed by atoms with E-state index in [2.05, 4.69) is 5.32 Å². The summed E-state index contributed by atoms with van der Waals surface area (Å²) < 4.78 is 5.98. The number of amides is 5. The molecule has 4 N–H and O–H groups in total. The van der Waals surface area contributed by atoms with Crippen LogP contribution < -0.4 is 16.3 Å². The number of urea groups is 1. The second-order valence-electron chi connectivity index (χ2n) is 14.0. The summed E-state index contributed by atoms with van der Waals surface area (Å²) in [7, 11) is 5.95. The van der Waals surface area contributed by atoms with E-state index in [9.17, 15) is 24.3 Å². The second-order valence-corrected chi connectivity index (χ2v) is 14.0. The Kier molecular flexibility index (Phi) is 11.5. The van der Waals surface area contributed by atoms with Crippen LogP contribution in [-0.4, -0.2) is 126 Å². The minimum Gasteiger partial charge on any atom is -0.509 e. The molecule has 4 aliphatic rings. The third-order valence-corrected chi connectivity index (χ3v) is 11.0. The van der Waals surface area contributed by atoms with Gasteiger partial charge in [0.1, 0.15) is 13.6 Å². The van der Waals surface area contributed by atoms with E-state index in [1.54, 1.807) is 27.4 Å². The van der Waals surface area contributed by atoms with Crippen molar-refractivity contribution in [1.29, 1.82) is 0 Å². The molecule has 0 aliphatic carbocycles. The highest BCUT2D eigenvalue weighted by Gasteiger charge is 2.37. The van der Waals surface area contributed by atoms with Crippen molar-refractivity contribution in [3.05, 3.63) is 53.6 Å². The number of carbonyl (C=O) groups is 4. The highest BCUT2D eigenvalue weighted by Crippen LogP contribution is 2.33. The Bertz CT molecular complexity index is 1540. The molecule has 2 aromatic carbocycles. The van der Waals surface area contributed by atoms with Gasteiger partial charge in [-0.2, -0.15) is 0 Å². The summed E-state index contributed by atoms with van der Waals surface area (Å²) in [6.45, 7) is 4.31. The lowest BCUT2D eigenvalue weighted by atomic mass is 9.78. The first-order valence-corrected chi connectivity index (χ1v) is 17.8. The van der Waals surface area contributed by atoms with Gasteiger partial charge in [0.15, 0.2) is 6.10 Å². The van der Waals surface area contributed by atoms with Gasteiger partial charge in [-0.05, 0) is 93.1 Å². The molecule has 1 atom stereocenters. The molecule has 0 spiro atoms. The number of fused-ring (bicyclic) bond motifs is 1. The van der Waals surface area contributed by atoms with Gasteiger partial charge >= 0.3 is 12.1 Å². The summed E-state index contributed by atoms with van der Waals surface area (Å²) >= 11 is 0. The minimum atomic E-state index is -1.06. The first kappa shape index (κ1) is 35.5. The second kappa shape index (κ2) is 16.2. The van der Waals surface area contributed by atoms with Crippen LogP contribution in [0.2, 0.25) is 0 Å². The average molecular weight is 687 g/mol. The monoisotopic (exact) mass is 686 g/mol. The summed E-state index contributed by atoms with van der Waals surface area (Å²) in [4.78, 5) is 59.5. The number of piperidine rings is 3. The molecular formula is C36H47BN6O7. The zero-order valence-electron chi connectivity index (χ0n) is 28.5. The molecule has 3 saturated heterocycles. The molecule has 0 unspecified atom stereocenters. The van der Waals surface area contributed by atoms with E-state index in [4.69, 9.17) is 17.8 Å². The fourth-order valence-corrected chi connectivity index (χ4v) is 8.03. The number of nitrogens with zero attached hydrogens (tertiary/aromatic N) is 4. The Hall–Kier alpha value is -4.30. The van der Waals surface area contributed by atoms with Gasteiger partial charge in [0.2, 0.25) is 0 Å². The molecule has 266 valence electrons. The summed E-state index contributed by atoms with van der Waals surface area (Å²) in [5.74, 6) is 0.269. The number of ether oxygens (including phenoxy) is 1. The van der Waals surface area contributed by atoms with Gasteiger partial charge in [0.05, 0.1) is 6.54 Å². The number of nitrogens with one attached hydrogen (secondary N) is 2. The van der Waals surface area contributed by atoms with E-state index in [0.717, 1.165) is 56.4 Å². The third-order valence-electron chi connectivity index (χ3n) is 11.0. The molecule has 5 amide bonds. The van der Waals surface area contributed by atoms with Crippen molar-refractivity contribution in [3.8, 4) is 5.75 Å². The van der Waals surface area contributed by atoms with Crippen molar-refractivity contribution in [1.82, 2.24) is 25.1 Å². The summed E-state index contributed by atoms with van der Waals surface area (Å²) in [6, 6.07) is 12.4. The maximum absolute atomic E-state index is 14.0. The van der Waals surface area contributed by atoms with E-state index < -0.39 is 18.1 Å². The first-order chi connectivity index (χ1) is 24.2. The topological polar surface area (TPSA) is 155 Å². The summed E-state index contributed by atoms with van der Waals surface area (Å²) in [5.41, 5.74) is 4.50. The fraction of sp³-hybridized carbons (Fsp3) is 0.556. The Morgan fingerprint density at radius 3 is 2.24 bits per heavy atom. The van der Waals surface area contributed by atoms with E-state index in [1.165, 1.54) is 6.07 Å². The van der Waals surface area contributed by atoms with Crippen LogP contribution >= 0.6 is 0 Å². The van der Waals surface area contributed by atoms with Crippen molar-refractivity contribution in [3.63, 3.8) is 0 Å². The lowest BCUT2D eigenvalue weighted by Crippen LogP contribution is -2.52. The van der Waals surface area contributed by atoms with E-state index in [0.29, 0.717) is 63.0 Å². The van der Waals surface area contributed by atoms with E-state index in [-0.39, 0.29) is 42.2 Å². The molecule has 4 heterocycles. The van der Waals surface area contributed by atoms with Gasteiger partial charge in [0, 0.05) is 50.9 Å². The SMILES string of the molecule is [B]c1cc(C[C@@H](OC(=O)N2CCC(N3CCc4ccccc4NC3=O)CC2)C(=O)N2CCC(C3CCN(CC(=O)NO)CC3)CC2)ccc1O. The van der Waals surface area contributed by atoms with E-state index >= 15 is 0 Å². The van der Waals surface area contributed by atoms with Gasteiger partial charge in [-0.25, -0.2) is 15.1 Å². The molecule has 0 aromatic heterocycles. The number of rotatable bonds is 8. The Morgan fingerprint density at radius 2 is 1.56 bits per heavy atom. The molecule has 13 nitrogen and oxygen atoms in total. The third kappa shape index (κ3) is 8.52. The quantitative estimate of drug-likeness (QED) is 0.187. The normalized spacial score (nSPS) is 20.4. The first-order valence-electron chi connectivity index (χ1n) is 17.8. The largest absolute Gasteiger partial charge is 0.509 e. The molecule has 3 fully saturated rings. The molecule has 2 radical (unpaired) electrons. The molecular weight excluding hydrogens is 639 g/mol. The van der Waals surface area contributed by atoms with Crippen molar-refractivity contribution in [2.45, 2.75) is 63.5 Å². The standard InChI is InChI=1S/C36H47BN6O7/c37-29-21-24(5-6-31(29)44)22-32(34(46)41-16-9-26(10-17-41)25-7-14-40(15-8-25)23-33(45)39-49)50-36(48)42-18-12-28(13-19-42)43-20-11-27-3-1-2-4-30(27)38-35(43)47/h1-6,21,25-26,28,32,44,49H,7-20,22-23H2,(H,38,47)(H,39,45)/t32-/m1/s1. The number of anilines is 1. The van der Waals surface area contributed by atoms with Crippen molar-refractivity contribution in [2.24, 2.45) is 11.8 Å². The number of benzene rings is 2. The predicted octanol–water partition coefficient (Wildman–Crippen LogP) is 2.24. The molecule has 0 bridgehead atoms. The number of hydrogen-bond donors (Lipinski definition) is 4. The Balaban J connectivity index is 1.04. The predicted molar refractivity (Wildman–Crippen MR) is 186 cm³/mol. The average Bonchev–Trinajstić information content (AvgIpc) is 3.31. The number of hydrogen-bond acceptors (Lipinski definition) is 8. The number of hydroxylamine groups is 1. The van der Waals surface area contributed by atoms with Gasteiger partial charge in [-0.1, -0.05) is 35.8 Å². The van der Waals surface area contributed by atoms with Crippen molar-refractivity contribution in [2.75, 3.05) is 57.7 Å². The van der Waals surface area contributed by atoms with Crippen LogP contribution in [-0.2, 0) is 27.2 Å². The smallest absolute Gasteiger partial charge is 0.410 e. The molecule has 4 aliphatic heterocycles. The van der Waals surface area contributed by atoms with Gasteiger partial charge in [-0.3, -0.25) is 19.7 Å². The zero-order chi connectivity index (χ0) is 35.2. The number of phenolic OH excluding ortho intramolecular Hbond substituents is 1. The van der Waals surface area contributed by atoms with Crippen molar-refractivity contribution >= 4 is 42.9 Å². The van der Waals surface area contributed by atoms with Crippen LogP contribution in [0, 0.1) is 11.8 Å². The summed E-state index contributed by atoms with van der Waals surface area (Å²) in [5, 5.41) is 21.8. The van der Waals surface area contributed by atoms with Gasteiger partial charge in [0.25, 0.3) is 11.8 Å². The molecule has 50 heavy (non-hydrogen) atoms. The fourth-order valence-electron chi connectivity index (χ4n) is 8.03. The van der Waals surface area contributed by atoms with Crippen LogP contribution in [0.1, 0.15) is 49.7 Å². The molecule has 14 heteroatoms. The van der Waals surface area contributed by atoms with Gasteiger partial charge < -0.3 is 29.9 Å². The number of para-hydroxylation sites is 1. The number of likely N-dealkylation sites (tertiary alicyclic amines) is 3. The van der Waals surface area contributed by atoms with Crippen LogP contribution in [0.15, 0.2) is 42.5 Å². The minimum absolute atomic E-state index is 0.0145. The van der Waals surface area contributed by atoms with Gasteiger partial charge in [-0.15, -0.1) is 0 Å². The zero-order valence-corrected chi connectivity index (χ0v) is 28.5. The number of aromatic hydroxyl groups is 1. The van der Waals surface area contributed by atoms with E-state index in [1.807, 2.05) is 34.1 Å². The number of phenols is 1. The van der Waals surface area contributed by atoms with Crippen LogP contribution in [0.3, 0.4) is 0 Å². The number of carbonyl (C=O) groups excluding carboxylic acids is 4. The highest BCUT2D eigenvalue weighted by atomic mass is 16.6. The molecule has 2 aromatic rings.